The van der Waals surface area contributed by atoms with Crippen LogP contribution < -0.4 is 10.0 Å². The Morgan fingerprint density at radius 2 is 1.69 bits per heavy atom. The standard InChI is InChI=1S/C19H24N2O4S/c1-2-17(14-15-6-4-3-5-7-15)20-12-13-21-26(24,25)18-10-8-16(9-11-18)19(22)23/h3-11,17,20-21H,2,12-14H2,1H3,(H,22,23). The Balaban J connectivity index is 1.82. The van der Waals surface area contributed by atoms with Gasteiger partial charge in [-0.25, -0.2) is 17.9 Å². The fraction of sp³-hybridized carbons (Fsp3) is 0.316. The van der Waals surface area contributed by atoms with E-state index in [0.29, 0.717) is 6.54 Å². The van der Waals surface area contributed by atoms with Gasteiger partial charge in [0.25, 0.3) is 0 Å². The van der Waals surface area contributed by atoms with E-state index in [0.717, 1.165) is 12.8 Å². The lowest BCUT2D eigenvalue weighted by molar-refractivity contribution is 0.0696. The van der Waals surface area contributed by atoms with Crippen LogP contribution in [0.15, 0.2) is 59.5 Å². The molecule has 0 heterocycles. The summed E-state index contributed by atoms with van der Waals surface area (Å²) in [5.74, 6) is -1.09. The molecule has 140 valence electrons. The largest absolute Gasteiger partial charge is 0.478 e. The van der Waals surface area contributed by atoms with Gasteiger partial charge in [-0.1, -0.05) is 37.3 Å². The summed E-state index contributed by atoms with van der Waals surface area (Å²) in [5, 5.41) is 12.2. The maximum Gasteiger partial charge on any atom is 0.335 e. The van der Waals surface area contributed by atoms with Gasteiger partial charge in [-0.3, -0.25) is 0 Å². The maximum absolute atomic E-state index is 12.2. The zero-order valence-corrected chi connectivity index (χ0v) is 15.5. The Kier molecular flexibility index (Phi) is 7.32. The quantitative estimate of drug-likeness (QED) is 0.553. The van der Waals surface area contributed by atoms with Crippen LogP contribution in [-0.2, 0) is 16.4 Å². The highest BCUT2D eigenvalue weighted by Crippen LogP contribution is 2.10. The fourth-order valence-corrected chi connectivity index (χ4v) is 3.61. The molecule has 3 N–H and O–H groups in total. The van der Waals surface area contributed by atoms with Crippen molar-refractivity contribution < 1.29 is 18.3 Å². The number of rotatable bonds is 10. The summed E-state index contributed by atoms with van der Waals surface area (Å²) in [5.41, 5.74) is 1.29. The minimum Gasteiger partial charge on any atom is -0.478 e. The number of sulfonamides is 1. The number of nitrogens with one attached hydrogen (secondary N) is 2. The van der Waals surface area contributed by atoms with Crippen LogP contribution in [0.2, 0.25) is 0 Å². The van der Waals surface area contributed by atoms with Gasteiger partial charge in [0, 0.05) is 19.1 Å². The molecule has 0 radical (unpaired) electrons. The molecule has 1 atom stereocenters. The molecule has 7 heteroatoms. The second-order valence-electron chi connectivity index (χ2n) is 5.98. The van der Waals surface area contributed by atoms with Crippen LogP contribution in [-0.4, -0.2) is 38.6 Å². The molecule has 0 aliphatic carbocycles. The first-order valence-electron chi connectivity index (χ1n) is 8.52. The fourth-order valence-electron chi connectivity index (χ4n) is 2.58. The predicted octanol–water partition coefficient (Wildman–Crippen LogP) is 2.27. The van der Waals surface area contributed by atoms with E-state index < -0.39 is 16.0 Å². The first-order valence-corrected chi connectivity index (χ1v) is 10.0. The van der Waals surface area contributed by atoms with E-state index in [-0.39, 0.29) is 23.0 Å². The Labute approximate surface area is 154 Å². The average Bonchev–Trinajstić information content (AvgIpc) is 2.65. The molecule has 0 amide bonds. The minimum absolute atomic E-state index is 0.0531. The van der Waals surface area contributed by atoms with Crippen molar-refractivity contribution in [2.24, 2.45) is 0 Å². The average molecular weight is 376 g/mol. The van der Waals surface area contributed by atoms with Crippen LogP contribution in [0.25, 0.3) is 0 Å². The van der Waals surface area contributed by atoms with Crippen LogP contribution in [0.3, 0.4) is 0 Å². The van der Waals surface area contributed by atoms with Gasteiger partial charge in [-0.2, -0.15) is 0 Å². The lowest BCUT2D eigenvalue weighted by atomic mass is 10.0. The zero-order valence-electron chi connectivity index (χ0n) is 14.7. The number of hydrogen-bond acceptors (Lipinski definition) is 4. The Hall–Kier alpha value is -2.22. The van der Waals surface area contributed by atoms with Crippen LogP contribution in [0.1, 0.15) is 29.3 Å². The van der Waals surface area contributed by atoms with E-state index in [4.69, 9.17) is 5.11 Å². The summed E-state index contributed by atoms with van der Waals surface area (Å²) in [6.07, 6.45) is 1.83. The summed E-state index contributed by atoms with van der Waals surface area (Å²) in [4.78, 5) is 10.9. The molecule has 26 heavy (non-hydrogen) atoms. The van der Waals surface area contributed by atoms with Crippen LogP contribution in [0, 0.1) is 0 Å². The van der Waals surface area contributed by atoms with Gasteiger partial charge in [0.1, 0.15) is 0 Å². The highest BCUT2D eigenvalue weighted by atomic mass is 32.2. The Morgan fingerprint density at radius 1 is 1.04 bits per heavy atom. The Morgan fingerprint density at radius 3 is 2.27 bits per heavy atom. The smallest absolute Gasteiger partial charge is 0.335 e. The molecule has 0 aliphatic heterocycles. The summed E-state index contributed by atoms with van der Waals surface area (Å²) in [6.45, 7) is 2.86. The first-order chi connectivity index (χ1) is 12.4. The van der Waals surface area contributed by atoms with Crippen molar-refractivity contribution in [2.45, 2.75) is 30.7 Å². The number of aromatic carboxylic acids is 1. The number of carboxylic acids is 1. The van der Waals surface area contributed by atoms with Gasteiger partial charge in [0.05, 0.1) is 10.5 Å². The SMILES string of the molecule is CCC(Cc1ccccc1)NCCNS(=O)(=O)c1ccc(C(=O)O)cc1. The van der Waals surface area contributed by atoms with E-state index in [2.05, 4.69) is 29.1 Å². The second-order valence-corrected chi connectivity index (χ2v) is 7.74. The van der Waals surface area contributed by atoms with Gasteiger partial charge < -0.3 is 10.4 Å². The second kappa shape index (κ2) is 9.47. The van der Waals surface area contributed by atoms with Crippen molar-refractivity contribution in [3.8, 4) is 0 Å². The van der Waals surface area contributed by atoms with E-state index in [1.54, 1.807) is 0 Å². The number of hydrogen-bond donors (Lipinski definition) is 3. The van der Waals surface area contributed by atoms with Crippen molar-refractivity contribution in [3.05, 3.63) is 65.7 Å². The number of carbonyl (C=O) groups is 1. The molecule has 2 aromatic carbocycles. The summed E-state index contributed by atoms with van der Waals surface area (Å²) in [7, 11) is -3.65. The van der Waals surface area contributed by atoms with Crippen LogP contribution in [0.4, 0.5) is 0 Å². The Bertz CT molecular complexity index is 805. The third-order valence-corrected chi connectivity index (χ3v) is 5.56. The van der Waals surface area contributed by atoms with Crippen LogP contribution >= 0.6 is 0 Å². The van der Waals surface area contributed by atoms with E-state index >= 15 is 0 Å². The van der Waals surface area contributed by atoms with Gasteiger partial charge in [0.15, 0.2) is 0 Å². The molecule has 0 aliphatic rings. The summed E-state index contributed by atoms with van der Waals surface area (Å²) in [6, 6.07) is 15.6. The third kappa shape index (κ3) is 5.94. The normalized spacial score (nSPS) is 12.7. The topological polar surface area (TPSA) is 95.5 Å². The first kappa shape index (κ1) is 20.1. The molecular formula is C19H24N2O4S. The monoisotopic (exact) mass is 376 g/mol. The highest BCUT2D eigenvalue weighted by molar-refractivity contribution is 7.89. The molecule has 0 bridgehead atoms. The summed E-state index contributed by atoms with van der Waals surface area (Å²) >= 11 is 0. The lowest BCUT2D eigenvalue weighted by Crippen LogP contribution is -2.37. The molecule has 0 fully saturated rings. The van der Waals surface area contributed by atoms with Crippen LogP contribution in [0.5, 0.6) is 0 Å². The van der Waals surface area contributed by atoms with E-state index in [9.17, 15) is 13.2 Å². The molecule has 0 aromatic heterocycles. The molecule has 2 aromatic rings. The molecule has 0 saturated heterocycles. The number of carboxylic acid groups (broad SMARTS) is 1. The maximum atomic E-state index is 12.2. The van der Waals surface area contributed by atoms with Crippen molar-refractivity contribution in [3.63, 3.8) is 0 Å². The highest BCUT2D eigenvalue weighted by Gasteiger charge is 2.14. The van der Waals surface area contributed by atoms with Gasteiger partial charge in [0.2, 0.25) is 10.0 Å². The molecule has 1 unspecified atom stereocenters. The predicted molar refractivity (Wildman–Crippen MR) is 101 cm³/mol. The third-order valence-electron chi connectivity index (χ3n) is 4.08. The van der Waals surface area contributed by atoms with Crippen molar-refractivity contribution in [1.29, 1.82) is 0 Å². The molecule has 0 spiro atoms. The van der Waals surface area contributed by atoms with Gasteiger partial charge >= 0.3 is 5.97 Å². The molecule has 0 saturated carbocycles. The molecule has 6 nitrogen and oxygen atoms in total. The van der Waals surface area contributed by atoms with E-state index in [1.807, 2.05) is 18.2 Å². The lowest BCUT2D eigenvalue weighted by Gasteiger charge is -2.17. The van der Waals surface area contributed by atoms with Crippen molar-refractivity contribution in [2.75, 3.05) is 13.1 Å². The van der Waals surface area contributed by atoms with Crippen molar-refractivity contribution in [1.82, 2.24) is 10.0 Å². The van der Waals surface area contributed by atoms with Gasteiger partial charge in [-0.05, 0) is 42.7 Å². The van der Waals surface area contributed by atoms with E-state index in [1.165, 1.54) is 29.8 Å². The summed E-state index contributed by atoms with van der Waals surface area (Å²) < 4.78 is 27.0. The molecular weight excluding hydrogens is 352 g/mol. The van der Waals surface area contributed by atoms with Gasteiger partial charge in [-0.15, -0.1) is 0 Å². The minimum atomic E-state index is -3.65. The van der Waals surface area contributed by atoms with Crippen molar-refractivity contribution >= 4 is 16.0 Å². The molecule has 2 rings (SSSR count). The zero-order chi connectivity index (χ0) is 19.0. The number of benzene rings is 2.